The third kappa shape index (κ3) is 3.28. The summed E-state index contributed by atoms with van der Waals surface area (Å²) in [4.78, 5) is 17.9. The fraction of sp³-hybridized carbons (Fsp3) is 0.188. The smallest absolute Gasteiger partial charge is 0.272 e. The summed E-state index contributed by atoms with van der Waals surface area (Å²) < 4.78 is 13.1. The molecule has 1 aromatic heterocycles. The van der Waals surface area contributed by atoms with Crippen LogP contribution in [0.2, 0.25) is 0 Å². The van der Waals surface area contributed by atoms with Crippen LogP contribution in [-0.2, 0) is 6.42 Å². The molecule has 0 unspecified atom stereocenters. The van der Waals surface area contributed by atoms with Crippen LogP contribution in [0.1, 0.15) is 11.4 Å². The molecule has 1 heterocycles. The zero-order valence-corrected chi connectivity index (χ0v) is 12.5. The Hall–Kier alpha value is -2.96. The maximum atomic E-state index is 13.1. The molecule has 0 fully saturated rings. The molecule has 7 heteroatoms. The van der Waals surface area contributed by atoms with E-state index in [1.807, 2.05) is 0 Å². The Balaban J connectivity index is 1.64. The Kier molecular flexibility index (Phi) is 3.92. The number of nitro benzene ring substituents is 1. The van der Waals surface area contributed by atoms with E-state index in [9.17, 15) is 14.5 Å². The number of aromatic nitrogens is 2. The SMILES string of the molecule is Cc1cc(NCCc2nc3ccc(F)cc3[nH]2)ccc1[N+](=O)[O-]. The highest BCUT2D eigenvalue weighted by atomic mass is 19.1. The molecule has 23 heavy (non-hydrogen) atoms. The number of aryl methyl sites for hydroxylation is 1. The first kappa shape index (κ1) is 15.0. The van der Waals surface area contributed by atoms with Gasteiger partial charge in [0.15, 0.2) is 0 Å². The minimum atomic E-state index is -0.396. The van der Waals surface area contributed by atoms with E-state index in [1.165, 1.54) is 18.2 Å². The van der Waals surface area contributed by atoms with Gasteiger partial charge in [-0.3, -0.25) is 10.1 Å². The maximum Gasteiger partial charge on any atom is 0.272 e. The van der Waals surface area contributed by atoms with Crippen molar-refractivity contribution < 1.29 is 9.31 Å². The fourth-order valence-corrected chi connectivity index (χ4v) is 2.45. The molecule has 0 saturated heterocycles. The first-order valence-corrected chi connectivity index (χ1v) is 7.16. The highest BCUT2D eigenvalue weighted by Gasteiger charge is 2.10. The molecule has 0 radical (unpaired) electrons. The number of rotatable bonds is 5. The van der Waals surface area contributed by atoms with Crippen molar-refractivity contribution in [3.05, 3.63) is 63.7 Å². The van der Waals surface area contributed by atoms with Crippen LogP contribution in [0.3, 0.4) is 0 Å². The predicted molar refractivity (Wildman–Crippen MR) is 86.1 cm³/mol. The van der Waals surface area contributed by atoms with Gasteiger partial charge in [0, 0.05) is 30.3 Å². The number of halogens is 1. The number of benzene rings is 2. The highest BCUT2D eigenvalue weighted by Crippen LogP contribution is 2.21. The van der Waals surface area contributed by atoms with Crippen LogP contribution >= 0.6 is 0 Å². The number of fused-ring (bicyclic) bond motifs is 1. The van der Waals surface area contributed by atoms with Crippen molar-refractivity contribution in [1.29, 1.82) is 0 Å². The number of imidazole rings is 1. The number of nitrogens with zero attached hydrogens (tertiary/aromatic N) is 2. The van der Waals surface area contributed by atoms with Crippen molar-refractivity contribution in [3.63, 3.8) is 0 Å². The van der Waals surface area contributed by atoms with Crippen molar-refractivity contribution in [1.82, 2.24) is 9.97 Å². The standard InChI is InChI=1S/C16H15FN4O2/c1-10-8-12(3-5-15(10)21(22)23)18-7-6-16-19-13-4-2-11(17)9-14(13)20-16/h2-5,8-9,18H,6-7H2,1H3,(H,19,20). The summed E-state index contributed by atoms with van der Waals surface area (Å²) >= 11 is 0. The quantitative estimate of drug-likeness (QED) is 0.557. The lowest BCUT2D eigenvalue weighted by Gasteiger charge is -2.06. The van der Waals surface area contributed by atoms with Gasteiger partial charge >= 0.3 is 0 Å². The van der Waals surface area contributed by atoms with E-state index in [1.54, 1.807) is 25.1 Å². The lowest BCUT2D eigenvalue weighted by molar-refractivity contribution is -0.385. The first-order chi connectivity index (χ1) is 11.0. The van der Waals surface area contributed by atoms with Gasteiger partial charge in [-0.15, -0.1) is 0 Å². The van der Waals surface area contributed by atoms with Gasteiger partial charge in [0.1, 0.15) is 11.6 Å². The van der Waals surface area contributed by atoms with Crippen molar-refractivity contribution in [2.75, 3.05) is 11.9 Å². The highest BCUT2D eigenvalue weighted by molar-refractivity contribution is 5.74. The molecule has 3 aromatic rings. The molecule has 0 aliphatic carbocycles. The van der Waals surface area contributed by atoms with Crippen molar-refractivity contribution in [3.8, 4) is 0 Å². The minimum absolute atomic E-state index is 0.106. The number of nitro groups is 1. The van der Waals surface area contributed by atoms with E-state index in [2.05, 4.69) is 15.3 Å². The van der Waals surface area contributed by atoms with E-state index < -0.39 is 4.92 Å². The zero-order chi connectivity index (χ0) is 16.4. The van der Waals surface area contributed by atoms with Crippen LogP contribution in [0.15, 0.2) is 36.4 Å². The molecule has 118 valence electrons. The Morgan fingerprint density at radius 3 is 2.87 bits per heavy atom. The number of hydrogen-bond acceptors (Lipinski definition) is 4. The van der Waals surface area contributed by atoms with Gasteiger partial charge < -0.3 is 10.3 Å². The van der Waals surface area contributed by atoms with Crippen molar-refractivity contribution in [2.45, 2.75) is 13.3 Å². The second-order valence-corrected chi connectivity index (χ2v) is 5.28. The molecule has 0 saturated carbocycles. The predicted octanol–water partition coefficient (Wildman–Crippen LogP) is 3.57. The van der Waals surface area contributed by atoms with Crippen LogP contribution in [0.5, 0.6) is 0 Å². The second kappa shape index (κ2) is 6.04. The number of anilines is 1. The molecule has 0 bridgehead atoms. The van der Waals surface area contributed by atoms with Crippen LogP contribution in [-0.4, -0.2) is 21.4 Å². The monoisotopic (exact) mass is 314 g/mol. The Labute approximate surface area is 131 Å². The fourth-order valence-electron chi connectivity index (χ4n) is 2.45. The van der Waals surface area contributed by atoms with Crippen molar-refractivity contribution >= 4 is 22.4 Å². The van der Waals surface area contributed by atoms with E-state index in [-0.39, 0.29) is 11.5 Å². The summed E-state index contributed by atoms with van der Waals surface area (Å²) in [6.45, 7) is 2.32. The summed E-state index contributed by atoms with van der Waals surface area (Å²) in [5.74, 6) is 0.462. The Morgan fingerprint density at radius 2 is 2.13 bits per heavy atom. The molecule has 0 atom stereocenters. The van der Waals surface area contributed by atoms with Gasteiger partial charge in [-0.2, -0.15) is 0 Å². The normalized spacial score (nSPS) is 10.9. The Bertz CT molecular complexity index is 876. The summed E-state index contributed by atoms with van der Waals surface area (Å²) in [6, 6.07) is 9.34. The average molecular weight is 314 g/mol. The van der Waals surface area contributed by atoms with Crippen LogP contribution in [0.25, 0.3) is 11.0 Å². The lowest BCUT2D eigenvalue weighted by atomic mass is 10.2. The van der Waals surface area contributed by atoms with E-state index in [0.29, 0.717) is 24.0 Å². The average Bonchev–Trinajstić information content (AvgIpc) is 2.88. The molecule has 2 aromatic carbocycles. The van der Waals surface area contributed by atoms with Crippen LogP contribution in [0.4, 0.5) is 15.8 Å². The van der Waals surface area contributed by atoms with Gasteiger partial charge in [-0.25, -0.2) is 9.37 Å². The number of aromatic amines is 1. The van der Waals surface area contributed by atoms with Gasteiger partial charge in [0.05, 0.1) is 16.0 Å². The van der Waals surface area contributed by atoms with Gasteiger partial charge in [-0.1, -0.05) is 0 Å². The first-order valence-electron chi connectivity index (χ1n) is 7.16. The van der Waals surface area contributed by atoms with Gasteiger partial charge in [-0.05, 0) is 37.3 Å². The maximum absolute atomic E-state index is 13.1. The molecular weight excluding hydrogens is 299 g/mol. The molecule has 0 aliphatic rings. The molecule has 0 aliphatic heterocycles. The molecule has 2 N–H and O–H groups in total. The molecule has 3 rings (SSSR count). The third-order valence-electron chi connectivity index (χ3n) is 3.58. The topological polar surface area (TPSA) is 83.8 Å². The molecular formula is C16H15FN4O2. The summed E-state index contributed by atoms with van der Waals surface area (Å²) in [6.07, 6.45) is 0.631. The molecule has 6 nitrogen and oxygen atoms in total. The molecule has 0 spiro atoms. The number of H-pyrrole nitrogens is 1. The minimum Gasteiger partial charge on any atom is -0.385 e. The number of nitrogens with one attached hydrogen (secondary N) is 2. The lowest BCUT2D eigenvalue weighted by Crippen LogP contribution is -2.06. The van der Waals surface area contributed by atoms with E-state index in [4.69, 9.17) is 0 Å². The zero-order valence-electron chi connectivity index (χ0n) is 12.5. The Morgan fingerprint density at radius 1 is 1.30 bits per heavy atom. The second-order valence-electron chi connectivity index (χ2n) is 5.28. The van der Waals surface area contributed by atoms with E-state index >= 15 is 0 Å². The van der Waals surface area contributed by atoms with Gasteiger partial charge in [0.25, 0.3) is 5.69 Å². The molecule has 0 amide bonds. The summed E-state index contributed by atoms with van der Waals surface area (Å²) in [5.41, 5.74) is 2.93. The van der Waals surface area contributed by atoms with Crippen LogP contribution in [0, 0.1) is 22.9 Å². The summed E-state index contributed by atoms with van der Waals surface area (Å²) in [5, 5.41) is 14.0. The number of hydrogen-bond donors (Lipinski definition) is 2. The van der Waals surface area contributed by atoms with Crippen molar-refractivity contribution in [2.24, 2.45) is 0 Å². The van der Waals surface area contributed by atoms with E-state index in [0.717, 1.165) is 17.0 Å². The summed E-state index contributed by atoms with van der Waals surface area (Å²) in [7, 11) is 0. The van der Waals surface area contributed by atoms with Gasteiger partial charge in [0.2, 0.25) is 0 Å². The van der Waals surface area contributed by atoms with Crippen LogP contribution < -0.4 is 5.32 Å². The largest absolute Gasteiger partial charge is 0.385 e. The third-order valence-corrected chi connectivity index (χ3v) is 3.58.